The van der Waals surface area contributed by atoms with Crippen LogP contribution in [0.1, 0.15) is 4.88 Å². The minimum absolute atomic E-state index is 0.728. The molecule has 0 atom stereocenters. The van der Waals surface area contributed by atoms with E-state index in [2.05, 4.69) is 37.7 Å². The number of pyridine rings is 1. The van der Waals surface area contributed by atoms with Crippen LogP contribution < -0.4 is 5.32 Å². The van der Waals surface area contributed by atoms with Gasteiger partial charge in [0, 0.05) is 20.9 Å². The molecular formula is C14H10BrClN2S. The van der Waals surface area contributed by atoms with E-state index in [1.807, 2.05) is 24.3 Å². The van der Waals surface area contributed by atoms with E-state index in [0.29, 0.717) is 0 Å². The molecule has 19 heavy (non-hydrogen) atoms. The van der Waals surface area contributed by atoms with Gasteiger partial charge in [-0.25, -0.2) is 0 Å². The Morgan fingerprint density at radius 2 is 2.16 bits per heavy atom. The fourth-order valence-corrected chi connectivity index (χ4v) is 3.55. The smallest absolute Gasteiger partial charge is 0.0948 e. The zero-order valence-corrected chi connectivity index (χ0v) is 13.0. The second-order valence-electron chi connectivity index (χ2n) is 4.04. The molecule has 0 fully saturated rings. The predicted molar refractivity (Wildman–Crippen MR) is 86.1 cm³/mol. The minimum Gasteiger partial charge on any atom is -0.378 e. The van der Waals surface area contributed by atoms with E-state index in [0.717, 1.165) is 32.6 Å². The van der Waals surface area contributed by atoms with Crippen molar-refractivity contribution < 1.29 is 0 Å². The number of hydrogen-bond acceptors (Lipinski definition) is 3. The lowest BCUT2D eigenvalue weighted by Crippen LogP contribution is -1.99. The topological polar surface area (TPSA) is 24.9 Å². The fraction of sp³-hybridized carbons (Fsp3) is 0.0714. The van der Waals surface area contributed by atoms with Crippen LogP contribution in [0.4, 0.5) is 5.69 Å². The molecule has 0 radical (unpaired) electrons. The van der Waals surface area contributed by atoms with Gasteiger partial charge < -0.3 is 5.32 Å². The Kier molecular flexibility index (Phi) is 3.73. The number of benzene rings is 1. The predicted octanol–water partition coefficient (Wildman–Crippen LogP) is 5.32. The third-order valence-electron chi connectivity index (χ3n) is 2.85. The molecular weight excluding hydrogens is 344 g/mol. The van der Waals surface area contributed by atoms with Gasteiger partial charge >= 0.3 is 0 Å². The van der Waals surface area contributed by atoms with Crippen LogP contribution in [0.3, 0.4) is 0 Å². The molecule has 0 amide bonds. The normalized spacial score (nSPS) is 10.8. The van der Waals surface area contributed by atoms with Crippen LogP contribution in [0.15, 0.2) is 46.4 Å². The van der Waals surface area contributed by atoms with Crippen LogP contribution in [-0.2, 0) is 6.54 Å². The highest BCUT2D eigenvalue weighted by molar-refractivity contribution is 9.10. The summed E-state index contributed by atoms with van der Waals surface area (Å²) in [6.07, 6.45) is 1.78. The zero-order chi connectivity index (χ0) is 13.2. The summed E-state index contributed by atoms with van der Waals surface area (Å²) in [5.41, 5.74) is 1.91. The third-order valence-corrected chi connectivity index (χ3v) is 5.10. The van der Waals surface area contributed by atoms with E-state index in [4.69, 9.17) is 11.6 Å². The van der Waals surface area contributed by atoms with Gasteiger partial charge in [0.25, 0.3) is 0 Å². The maximum atomic E-state index is 6.18. The first-order chi connectivity index (χ1) is 9.25. The van der Waals surface area contributed by atoms with Gasteiger partial charge in [-0.05, 0) is 51.6 Å². The minimum atomic E-state index is 0.728. The van der Waals surface area contributed by atoms with Crippen molar-refractivity contribution in [3.8, 4) is 0 Å². The lowest BCUT2D eigenvalue weighted by atomic mass is 10.2. The van der Waals surface area contributed by atoms with Gasteiger partial charge in [0.05, 0.1) is 22.8 Å². The number of rotatable bonds is 3. The molecule has 3 aromatic rings. The highest BCUT2D eigenvalue weighted by Gasteiger charge is 2.06. The number of thiophene rings is 1. The molecule has 2 aromatic heterocycles. The van der Waals surface area contributed by atoms with E-state index in [9.17, 15) is 0 Å². The average molecular weight is 354 g/mol. The van der Waals surface area contributed by atoms with Crippen LogP contribution in [-0.4, -0.2) is 4.98 Å². The Hall–Kier alpha value is -1.10. The molecule has 1 aromatic carbocycles. The van der Waals surface area contributed by atoms with Gasteiger partial charge in [-0.3, -0.25) is 4.98 Å². The van der Waals surface area contributed by atoms with Crippen molar-refractivity contribution in [3.63, 3.8) is 0 Å². The van der Waals surface area contributed by atoms with Gasteiger partial charge in [-0.15, -0.1) is 11.3 Å². The monoisotopic (exact) mass is 352 g/mol. The Bertz CT molecular complexity index is 726. The second kappa shape index (κ2) is 5.49. The molecule has 0 saturated heterocycles. The SMILES string of the molecule is Clc1ccc(NCc2sccc2Br)c2ncccc12. The standard InChI is InChI=1S/C14H10BrClN2S/c15-10-5-7-19-13(10)8-18-12-4-3-11(16)9-2-1-6-17-14(9)12/h1-7,18H,8H2. The molecule has 96 valence electrons. The molecule has 2 heterocycles. The summed E-state index contributed by atoms with van der Waals surface area (Å²) in [7, 11) is 0. The van der Waals surface area contributed by atoms with Crippen molar-refractivity contribution in [1.29, 1.82) is 0 Å². The number of fused-ring (bicyclic) bond motifs is 1. The van der Waals surface area contributed by atoms with Crippen LogP contribution in [0, 0.1) is 0 Å². The second-order valence-corrected chi connectivity index (χ2v) is 6.30. The van der Waals surface area contributed by atoms with Crippen molar-refractivity contribution in [2.45, 2.75) is 6.54 Å². The Balaban J connectivity index is 1.93. The molecule has 0 bridgehead atoms. The van der Waals surface area contributed by atoms with Crippen LogP contribution in [0.25, 0.3) is 10.9 Å². The molecule has 0 aliphatic rings. The number of aromatic nitrogens is 1. The van der Waals surface area contributed by atoms with Gasteiger partial charge in [0.1, 0.15) is 0 Å². The number of hydrogen-bond donors (Lipinski definition) is 1. The highest BCUT2D eigenvalue weighted by Crippen LogP contribution is 2.29. The summed E-state index contributed by atoms with van der Waals surface area (Å²) >= 11 is 11.4. The molecule has 0 saturated carbocycles. The Morgan fingerprint density at radius 3 is 2.95 bits per heavy atom. The number of halogens is 2. The van der Waals surface area contributed by atoms with Crippen LogP contribution in [0.5, 0.6) is 0 Å². The molecule has 0 aliphatic carbocycles. The van der Waals surface area contributed by atoms with Crippen molar-refractivity contribution in [2.24, 2.45) is 0 Å². The van der Waals surface area contributed by atoms with Crippen molar-refractivity contribution in [2.75, 3.05) is 5.32 Å². The van der Waals surface area contributed by atoms with Gasteiger partial charge in [0.2, 0.25) is 0 Å². The summed E-state index contributed by atoms with van der Waals surface area (Å²) < 4.78 is 1.14. The lowest BCUT2D eigenvalue weighted by Gasteiger charge is -2.09. The molecule has 1 N–H and O–H groups in total. The molecule has 0 spiro atoms. The van der Waals surface area contributed by atoms with Crippen molar-refractivity contribution >= 4 is 55.5 Å². The van der Waals surface area contributed by atoms with E-state index in [1.54, 1.807) is 17.5 Å². The molecule has 3 rings (SSSR count). The summed E-state index contributed by atoms with van der Waals surface area (Å²) in [4.78, 5) is 5.67. The largest absolute Gasteiger partial charge is 0.378 e. The maximum Gasteiger partial charge on any atom is 0.0948 e. The molecule has 0 aliphatic heterocycles. The maximum absolute atomic E-state index is 6.18. The lowest BCUT2D eigenvalue weighted by molar-refractivity contribution is 1.18. The first kappa shape index (κ1) is 12.9. The van der Waals surface area contributed by atoms with E-state index >= 15 is 0 Å². The van der Waals surface area contributed by atoms with E-state index in [1.165, 1.54) is 4.88 Å². The molecule has 0 unspecified atom stereocenters. The Labute approximate surface area is 128 Å². The molecule has 2 nitrogen and oxygen atoms in total. The van der Waals surface area contributed by atoms with Gasteiger partial charge in [-0.2, -0.15) is 0 Å². The average Bonchev–Trinajstić information content (AvgIpc) is 2.84. The quantitative estimate of drug-likeness (QED) is 0.689. The van der Waals surface area contributed by atoms with Crippen LogP contribution >= 0.6 is 38.9 Å². The highest BCUT2D eigenvalue weighted by atomic mass is 79.9. The number of anilines is 1. The number of nitrogens with one attached hydrogen (secondary N) is 1. The van der Waals surface area contributed by atoms with Gasteiger partial charge in [0.15, 0.2) is 0 Å². The van der Waals surface area contributed by atoms with E-state index < -0.39 is 0 Å². The van der Waals surface area contributed by atoms with Crippen molar-refractivity contribution in [1.82, 2.24) is 4.98 Å². The Morgan fingerprint density at radius 1 is 1.26 bits per heavy atom. The van der Waals surface area contributed by atoms with E-state index in [-0.39, 0.29) is 0 Å². The first-order valence-corrected chi connectivity index (χ1v) is 7.80. The van der Waals surface area contributed by atoms with Crippen molar-refractivity contribution in [3.05, 3.63) is 56.3 Å². The number of nitrogens with zero attached hydrogens (tertiary/aromatic N) is 1. The third kappa shape index (κ3) is 2.61. The zero-order valence-electron chi connectivity index (χ0n) is 9.86. The first-order valence-electron chi connectivity index (χ1n) is 5.74. The van der Waals surface area contributed by atoms with Crippen LogP contribution in [0.2, 0.25) is 5.02 Å². The summed E-state index contributed by atoms with van der Waals surface area (Å²) in [5, 5.41) is 7.19. The summed E-state index contributed by atoms with van der Waals surface area (Å²) in [6.45, 7) is 0.769. The summed E-state index contributed by atoms with van der Waals surface area (Å²) in [5.74, 6) is 0. The summed E-state index contributed by atoms with van der Waals surface area (Å²) in [6, 6.07) is 9.81. The fourth-order valence-electron chi connectivity index (χ4n) is 1.91. The molecule has 5 heteroatoms. The van der Waals surface area contributed by atoms with Gasteiger partial charge in [-0.1, -0.05) is 11.6 Å².